The van der Waals surface area contributed by atoms with Crippen molar-refractivity contribution in [2.24, 2.45) is 0 Å². The number of carboxylic acids is 1. The number of esters is 1. The first-order chi connectivity index (χ1) is 12.9. The monoisotopic (exact) mass is 376 g/mol. The van der Waals surface area contributed by atoms with E-state index in [1.807, 2.05) is 6.08 Å². The first kappa shape index (κ1) is 24.9. The highest BCUT2D eigenvalue weighted by Gasteiger charge is 2.03. The second-order valence-corrected chi connectivity index (χ2v) is 6.89. The van der Waals surface area contributed by atoms with Gasteiger partial charge in [0.15, 0.2) is 0 Å². The van der Waals surface area contributed by atoms with Gasteiger partial charge in [-0.25, -0.2) is 0 Å². The summed E-state index contributed by atoms with van der Waals surface area (Å²) in [5.74, 6) is -1.08. The van der Waals surface area contributed by atoms with Crippen LogP contribution in [0.3, 0.4) is 0 Å². The molecule has 0 aromatic rings. The Morgan fingerprint density at radius 3 is 2.19 bits per heavy atom. The quantitative estimate of drug-likeness (QED) is 0.211. The summed E-state index contributed by atoms with van der Waals surface area (Å²) in [6.07, 6.45) is 19.2. The van der Waals surface area contributed by atoms with Gasteiger partial charge in [-0.1, -0.05) is 47.6 Å². The van der Waals surface area contributed by atoms with Crippen molar-refractivity contribution in [1.82, 2.24) is 0 Å². The van der Waals surface area contributed by atoms with Gasteiger partial charge in [0.2, 0.25) is 0 Å². The standard InChI is InChI=1S/C23H36O4/c1-20(2)14-13-16-21(3)15-9-7-5-4-6-8-12-19-27-23(26)18-11-10-17-22(24)25/h5-8,14-15H,4,9-13,16-19H2,1-3H3,(H,24,25)/b7-5-,8-6-,21-15+. The van der Waals surface area contributed by atoms with Gasteiger partial charge >= 0.3 is 11.9 Å². The van der Waals surface area contributed by atoms with Gasteiger partial charge in [-0.15, -0.1) is 0 Å². The molecule has 152 valence electrons. The van der Waals surface area contributed by atoms with Crippen molar-refractivity contribution in [2.45, 2.75) is 78.6 Å². The van der Waals surface area contributed by atoms with Crippen molar-refractivity contribution in [2.75, 3.05) is 6.61 Å². The topological polar surface area (TPSA) is 63.6 Å². The molecular weight excluding hydrogens is 340 g/mol. The molecule has 27 heavy (non-hydrogen) atoms. The molecule has 0 heterocycles. The number of carbonyl (C=O) groups is 2. The minimum Gasteiger partial charge on any atom is -0.481 e. The number of rotatable bonds is 15. The maximum absolute atomic E-state index is 11.4. The molecular formula is C23H36O4. The molecule has 0 spiro atoms. The van der Waals surface area contributed by atoms with Crippen LogP contribution in [0.5, 0.6) is 0 Å². The molecule has 4 nitrogen and oxygen atoms in total. The van der Waals surface area contributed by atoms with Crippen molar-refractivity contribution in [3.8, 4) is 0 Å². The molecule has 0 aliphatic carbocycles. The van der Waals surface area contributed by atoms with E-state index in [1.165, 1.54) is 11.1 Å². The number of hydrogen-bond donors (Lipinski definition) is 1. The predicted molar refractivity (Wildman–Crippen MR) is 112 cm³/mol. The normalized spacial score (nSPS) is 11.9. The maximum atomic E-state index is 11.4. The number of carbonyl (C=O) groups excluding carboxylic acids is 1. The Morgan fingerprint density at radius 2 is 1.48 bits per heavy atom. The van der Waals surface area contributed by atoms with E-state index in [0.717, 1.165) is 25.7 Å². The van der Waals surface area contributed by atoms with Gasteiger partial charge in [-0.3, -0.25) is 9.59 Å². The molecule has 4 heteroatoms. The van der Waals surface area contributed by atoms with Crippen LogP contribution in [0.25, 0.3) is 0 Å². The average Bonchev–Trinajstić information content (AvgIpc) is 2.59. The molecule has 0 fully saturated rings. The first-order valence-corrected chi connectivity index (χ1v) is 9.88. The number of carboxylic acid groups (broad SMARTS) is 1. The lowest BCUT2D eigenvalue weighted by Gasteiger charge is -2.02. The Labute approximate surface area is 164 Å². The van der Waals surface area contributed by atoms with Gasteiger partial charge in [0.25, 0.3) is 0 Å². The van der Waals surface area contributed by atoms with Crippen molar-refractivity contribution in [3.63, 3.8) is 0 Å². The lowest BCUT2D eigenvalue weighted by Crippen LogP contribution is -2.05. The zero-order valence-electron chi connectivity index (χ0n) is 17.2. The Morgan fingerprint density at radius 1 is 0.815 bits per heavy atom. The summed E-state index contributed by atoms with van der Waals surface area (Å²) in [5.41, 5.74) is 2.80. The van der Waals surface area contributed by atoms with Gasteiger partial charge < -0.3 is 9.84 Å². The highest BCUT2D eigenvalue weighted by Crippen LogP contribution is 2.08. The van der Waals surface area contributed by atoms with E-state index in [4.69, 9.17) is 9.84 Å². The zero-order chi connectivity index (χ0) is 20.3. The Kier molecular flexibility index (Phi) is 16.0. The van der Waals surface area contributed by atoms with Crippen LogP contribution < -0.4 is 0 Å². The smallest absolute Gasteiger partial charge is 0.305 e. The summed E-state index contributed by atoms with van der Waals surface area (Å²) in [7, 11) is 0. The van der Waals surface area contributed by atoms with Crippen LogP contribution in [0, 0.1) is 0 Å². The number of hydrogen-bond acceptors (Lipinski definition) is 3. The van der Waals surface area contributed by atoms with Crippen LogP contribution in [-0.4, -0.2) is 23.7 Å². The maximum Gasteiger partial charge on any atom is 0.305 e. The molecule has 0 aromatic carbocycles. The molecule has 0 aliphatic heterocycles. The third-order valence-corrected chi connectivity index (χ3v) is 3.87. The SMILES string of the molecule is CC(C)=CCC/C(C)=C/C/C=C\C/C=C\CCOC(=O)CCCCC(=O)O. The minimum atomic E-state index is -0.826. The second kappa shape index (κ2) is 17.3. The van der Waals surface area contributed by atoms with Gasteiger partial charge in [-0.05, 0) is 65.7 Å². The van der Waals surface area contributed by atoms with Gasteiger partial charge in [0.1, 0.15) is 0 Å². The van der Waals surface area contributed by atoms with Gasteiger partial charge in [0.05, 0.1) is 6.61 Å². The third kappa shape index (κ3) is 20.1. The molecule has 0 aromatic heterocycles. The van der Waals surface area contributed by atoms with Crippen molar-refractivity contribution in [1.29, 1.82) is 0 Å². The van der Waals surface area contributed by atoms with E-state index in [1.54, 1.807) is 0 Å². The molecule has 0 atom stereocenters. The van der Waals surface area contributed by atoms with Crippen LogP contribution in [0.2, 0.25) is 0 Å². The van der Waals surface area contributed by atoms with Crippen molar-refractivity contribution < 1.29 is 19.4 Å². The molecule has 0 radical (unpaired) electrons. The molecule has 0 aliphatic rings. The molecule has 0 saturated carbocycles. The van der Waals surface area contributed by atoms with E-state index in [-0.39, 0.29) is 12.4 Å². The molecule has 0 bridgehead atoms. The number of aliphatic carboxylic acids is 1. The Balaban J connectivity index is 3.63. The summed E-state index contributed by atoms with van der Waals surface area (Å²) in [6.45, 7) is 6.82. The molecule has 1 N–H and O–H groups in total. The Bertz CT molecular complexity index is 535. The summed E-state index contributed by atoms with van der Waals surface area (Å²) in [6, 6.07) is 0. The second-order valence-electron chi connectivity index (χ2n) is 6.89. The van der Waals surface area contributed by atoms with Crippen LogP contribution in [0.4, 0.5) is 0 Å². The summed E-state index contributed by atoms with van der Waals surface area (Å²) in [4.78, 5) is 21.8. The van der Waals surface area contributed by atoms with Crippen molar-refractivity contribution in [3.05, 3.63) is 47.6 Å². The lowest BCUT2D eigenvalue weighted by atomic mass is 10.1. The zero-order valence-corrected chi connectivity index (χ0v) is 17.2. The van der Waals surface area contributed by atoms with Crippen LogP contribution in [0.1, 0.15) is 78.6 Å². The number of allylic oxidation sites excluding steroid dienone is 7. The average molecular weight is 377 g/mol. The van der Waals surface area contributed by atoms with E-state index in [9.17, 15) is 9.59 Å². The summed E-state index contributed by atoms with van der Waals surface area (Å²) in [5, 5.41) is 8.51. The van der Waals surface area contributed by atoms with E-state index in [0.29, 0.717) is 32.3 Å². The largest absolute Gasteiger partial charge is 0.481 e. The molecule has 0 rings (SSSR count). The van der Waals surface area contributed by atoms with Gasteiger partial charge in [-0.2, -0.15) is 0 Å². The highest BCUT2D eigenvalue weighted by atomic mass is 16.5. The fraction of sp³-hybridized carbons (Fsp3) is 0.565. The molecule has 0 unspecified atom stereocenters. The fourth-order valence-corrected chi connectivity index (χ4v) is 2.30. The van der Waals surface area contributed by atoms with Crippen LogP contribution in [0.15, 0.2) is 47.6 Å². The number of ether oxygens (including phenoxy) is 1. The van der Waals surface area contributed by atoms with Crippen molar-refractivity contribution >= 4 is 11.9 Å². The fourth-order valence-electron chi connectivity index (χ4n) is 2.30. The molecule has 0 saturated heterocycles. The summed E-state index contributed by atoms with van der Waals surface area (Å²) >= 11 is 0. The Hall–Kier alpha value is -2.10. The summed E-state index contributed by atoms with van der Waals surface area (Å²) < 4.78 is 5.10. The molecule has 0 amide bonds. The first-order valence-electron chi connectivity index (χ1n) is 9.88. The lowest BCUT2D eigenvalue weighted by molar-refractivity contribution is -0.144. The van der Waals surface area contributed by atoms with Crippen LogP contribution in [-0.2, 0) is 14.3 Å². The van der Waals surface area contributed by atoms with Crippen LogP contribution >= 0.6 is 0 Å². The predicted octanol–water partition coefficient (Wildman–Crippen LogP) is 6.15. The van der Waals surface area contributed by atoms with E-state index in [2.05, 4.69) is 51.2 Å². The van der Waals surface area contributed by atoms with E-state index < -0.39 is 5.97 Å². The minimum absolute atomic E-state index is 0.106. The number of unbranched alkanes of at least 4 members (excludes halogenated alkanes) is 1. The van der Waals surface area contributed by atoms with E-state index >= 15 is 0 Å². The highest BCUT2D eigenvalue weighted by molar-refractivity contribution is 5.69. The third-order valence-electron chi connectivity index (χ3n) is 3.87. The van der Waals surface area contributed by atoms with Gasteiger partial charge in [0, 0.05) is 12.8 Å².